The second-order valence-electron chi connectivity index (χ2n) is 6.14. The molecule has 0 heterocycles. The van der Waals surface area contributed by atoms with E-state index in [1.54, 1.807) is 43.1 Å². The number of carbonyl (C=O) groups excluding carboxylic acids is 1. The number of rotatable bonds is 7. The normalized spacial score (nSPS) is 12.5. The molecule has 0 aliphatic carbocycles. The Hall–Kier alpha value is -2.05. The molecule has 0 spiro atoms. The number of carbonyl (C=O) groups is 1. The van der Waals surface area contributed by atoms with E-state index >= 15 is 0 Å². The Morgan fingerprint density at radius 3 is 2.15 bits per heavy atom. The number of likely N-dealkylation sites (N-methyl/N-ethyl adjacent to an activating group) is 1. The molecule has 0 saturated carbocycles. The number of halogens is 1. The highest BCUT2D eigenvalue weighted by Gasteiger charge is 2.33. The lowest BCUT2D eigenvalue weighted by Crippen LogP contribution is -2.49. The standard InChI is InChI=1S/C19H23ClN2O3S/c1-4-18(19(23)21(2)14-15-8-6-5-7-9-15)22(26(3,24)25)17-12-10-16(20)11-13-17/h5-13,18H,4,14H2,1-3H3. The molecular weight excluding hydrogens is 372 g/mol. The van der Waals surface area contributed by atoms with Gasteiger partial charge < -0.3 is 4.90 Å². The lowest BCUT2D eigenvalue weighted by molar-refractivity contribution is -0.131. The van der Waals surface area contributed by atoms with Crippen LogP contribution in [0.15, 0.2) is 54.6 Å². The van der Waals surface area contributed by atoms with Crippen LogP contribution in [-0.2, 0) is 21.4 Å². The van der Waals surface area contributed by atoms with Crippen LogP contribution in [0.5, 0.6) is 0 Å². The molecule has 0 radical (unpaired) electrons. The summed E-state index contributed by atoms with van der Waals surface area (Å²) in [5, 5.41) is 0.503. The van der Waals surface area contributed by atoms with Gasteiger partial charge in [0.25, 0.3) is 0 Å². The van der Waals surface area contributed by atoms with Gasteiger partial charge in [0.2, 0.25) is 15.9 Å². The summed E-state index contributed by atoms with van der Waals surface area (Å²) in [4.78, 5) is 14.6. The number of anilines is 1. The van der Waals surface area contributed by atoms with E-state index in [1.165, 1.54) is 4.31 Å². The van der Waals surface area contributed by atoms with Crippen LogP contribution in [0.2, 0.25) is 5.02 Å². The van der Waals surface area contributed by atoms with Crippen LogP contribution in [0.3, 0.4) is 0 Å². The van der Waals surface area contributed by atoms with Gasteiger partial charge in [-0.25, -0.2) is 8.42 Å². The topological polar surface area (TPSA) is 57.7 Å². The molecule has 2 rings (SSSR count). The number of hydrogen-bond donors (Lipinski definition) is 0. The van der Waals surface area contributed by atoms with Crippen molar-refractivity contribution >= 4 is 33.2 Å². The van der Waals surface area contributed by atoms with E-state index in [2.05, 4.69) is 0 Å². The number of nitrogens with zero attached hydrogens (tertiary/aromatic N) is 2. The van der Waals surface area contributed by atoms with Gasteiger partial charge >= 0.3 is 0 Å². The van der Waals surface area contributed by atoms with Gasteiger partial charge in [0.15, 0.2) is 0 Å². The molecule has 0 bridgehead atoms. The molecule has 26 heavy (non-hydrogen) atoms. The molecule has 0 aliphatic rings. The zero-order valence-electron chi connectivity index (χ0n) is 15.1. The Balaban J connectivity index is 2.32. The molecule has 0 aromatic heterocycles. The second-order valence-corrected chi connectivity index (χ2v) is 8.44. The van der Waals surface area contributed by atoms with E-state index in [0.717, 1.165) is 11.8 Å². The van der Waals surface area contributed by atoms with Gasteiger partial charge in [0.1, 0.15) is 6.04 Å². The molecule has 1 unspecified atom stereocenters. The number of benzene rings is 2. The molecule has 7 heteroatoms. The Labute approximate surface area is 160 Å². The van der Waals surface area contributed by atoms with Crippen LogP contribution >= 0.6 is 11.6 Å². The minimum Gasteiger partial charge on any atom is -0.340 e. The third-order valence-electron chi connectivity index (χ3n) is 4.03. The minimum atomic E-state index is -3.65. The van der Waals surface area contributed by atoms with Gasteiger partial charge in [-0.2, -0.15) is 0 Å². The molecule has 140 valence electrons. The molecule has 0 aliphatic heterocycles. The Kier molecular flexibility index (Phi) is 6.67. The number of sulfonamides is 1. The van der Waals surface area contributed by atoms with Gasteiger partial charge in [-0.1, -0.05) is 48.9 Å². The minimum absolute atomic E-state index is 0.253. The third-order valence-corrected chi connectivity index (χ3v) is 5.46. The van der Waals surface area contributed by atoms with E-state index in [0.29, 0.717) is 23.7 Å². The van der Waals surface area contributed by atoms with Gasteiger partial charge in [0.05, 0.1) is 11.9 Å². The highest BCUT2D eigenvalue weighted by Crippen LogP contribution is 2.25. The van der Waals surface area contributed by atoms with E-state index in [4.69, 9.17) is 11.6 Å². The van der Waals surface area contributed by atoms with Crippen molar-refractivity contribution in [3.63, 3.8) is 0 Å². The van der Waals surface area contributed by atoms with Crippen LogP contribution in [0.25, 0.3) is 0 Å². The van der Waals surface area contributed by atoms with Gasteiger partial charge in [0, 0.05) is 18.6 Å². The van der Waals surface area contributed by atoms with Crippen LogP contribution in [0, 0.1) is 0 Å². The summed E-state index contributed by atoms with van der Waals surface area (Å²) in [5.41, 5.74) is 1.40. The van der Waals surface area contributed by atoms with Crippen LogP contribution in [0.4, 0.5) is 5.69 Å². The van der Waals surface area contributed by atoms with E-state index in [-0.39, 0.29) is 5.91 Å². The van der Waals surface area contributed by atoms with Crippen molar-refractivity contribution < 1.29 is 13.2 Å². The van der Waals surface area contributed by atoms with Gasteiger partial charge in [-0.05, 0) is 36.2 Å². The first-order valence-corrected chi connectivity index (χ1v) is 10.5. The van der Waals surface area contributed by atoms with Crippen molar-refractivity contribution in [2.24, 2.45) is 0 Å². The maximum Gasteiger partial charge on any atom is 0.246 e. The molecule has 2 aromatic carbocycles. The van der Waals surface area contributed by atoms with Crippen molar-refractivity contribution in [3.05, 3.63) is 65.2 Å². The average Bonchev–Trinajstić information content (AvgIpc) is 2.60. The smallest absolute Gasteiger partial charge is 0.246 e. The Bertz CT molecular complexity index is 839. The Morgan fingerprint density at radius 2 is 1.65 bits per heavy atom. The third kappa shape index (κ3) is 4.99. The fourth-order valence-electron chi connectivity index (χ4n) is 2.82. The SMILES string of the molecule is CCC(C(=O)N(C)Cc1ccccc1)N(c1ccc(Cl)cc1)S(C)(=O)=O. The van der Waals surface area contributed by atoms with E-state index in [1.807, 2.05) is 30.3 Å². The fourth-order valence-corrected chi connectivity index (χ4v) is 4.15. The first-order chi connectivity index (χ1) is 12.2. The maximum absolute atomic E-state index is 13.0. The highest BCUT2D eigenvalue weighted by atomic mass is 35.5. The average molecular weight is 395 g/mol. The van der Waals surface area contributed by atoms with Crippen LogP contribution < -0.4 is 4.31 Å². The van der Waals surface area contributed by atoms with Crippen molar-refractivity contribution in [2.45, 2.75) is 25.9 Å². The lowest BCUT2D eigenvalue weighted by atomic mass is 10.1. The molecule has 0 fully saturated rings. The molecular formula is C19H23ClN2O3S. The van der Waals surface area contributed by atoms with Crippen molar-refractivity contribution in [1.82, 2.24) is 4.90 Å². The summed E-state index contributed by atoms with van der Waals surface area (Å²) in [6, 6.07) is 15.2. The summed E-state index contributed by atoms with van der Waals surface area (Å²) >= 11 is 5.90. The predicted octanol–water partition coefficient (Wildman–Crippen LogP) is 3.54. The molecule has 1 atom stereocenters. The number of hydrogen-bond acceptors (Lipinski definition) is 3. The van der Waals surface area contributed by atoms with Crippen molar-refractivity contribution in [2.75, 3.05) is 17.6 Å². The molecule has 0 saturated heterocycles. The molecule has 5 nitrogen and oxygen atoms in total. The van der Waals surface area contributed by atoms with Crippen LogP contribution in [0.1, 0.15) is 18.9 Å². The Morgan fingerprint density at radius 1 is 1.08 bits per heavy atom. The molecule has 2 aromatic rings. The monoisotopic (exact) mass is 394 g/mol. The van der Waals surface area contributed by atoms with Crippen molar-refractivity contribution in [3.8, 4) is 0 Å². The zero-order chi connectivity index (χ0) is 19.3. The predicted molar refractivity (Wildman–Crippen MR) is 106 cm³/mol. The molecule has 1 amide bonds. The summed E-state index contributed by atoms with van der Waals surface area (Å²) in [6.45, 7) is 2.21. The summed E-state index contributed by atoms with van der Waals surface area (Å²) in [5.74, 6) is -0.253. The lowest BCUT2D eigenvalue weighted by Gasteiger charge is -2.33. The largest absolute Gasteiger partial charge is 0.340 e. The van der Waals surface area contributed by atoms with Crippen LogP contribution in [-0.4, -0.2) is 38.6 Å². The van der Waals surface area contributed by atoms with Gasteiger partial charge in [-0.15, -0.1) is 0 Å². The summed E-state index contributed by atoms with van der Waals surface area (Å²) in [7, 11) is -1.97. The van der Waals surface area contributed by atoms with E-state index in [9.17, 15) is 13.2 Å². The van der Waals surface area contributed by atoms with Crippen molar-refractivity contribution in [1.29, 1.82) is 0 Å². The fraction of sp³-hybridized carbons (Fsp3) is 0.316. The number of amides is 1. The first-order valence-electron chi connectivity index (χ1n) is 8.28. The summed E-state index contributed by atoms with van der Waals surface area (Å²) in [6.07, 6.45) is 1.46. The highest BCUT2D eigenvalue weighted by molar-refractivity contribution is 7.92. The summed E-state index contributed by atoms with van der Waals surface area (Å²) < 4.78 is 26.0. The van der Waals surface area contributed by atoms with E-state index < -0.39 is 16.1 Å². The first kappa shape index (κ1) is 20.3. The quantitative estimate of drug-likeness (QED) is 0.721. The second kappa shape index (κ2) is 8.56. The van der Waals surface area contributed by atoms with Gasteiger partial charge in [-0.3, -0.25) is 9.10 Å². The zero-order valence-corrected chi connectivity index (χ0v) is 16.7. The molecule has 0 N–H and O–H groups in total. The maximum atomic E-state index is 13.0.